The van der Waals surface area contributed by atoms with Gasteiger partial charge in [-0.05, 0) is 17.3 Å². The molecule has 0 spiro atoms. The molecule has 0 aromatic carbocycles. The van der Waals surface area contributed by atoms with Gasteiger partial charge in [-0.15, -0.1) is 0 Å². The Morgan fingerprint density at radius 1 is 1.27 bits per heavy atom. The van der Waals surface area contributed by atoms with Gasteiger partial charge in [0.25, 0.3) is 16.0 Å². The van der Waals surface area contributed by atoms with Gasteiger partial charge in [0.15, 0.2) is 0 Å². The van der Waals surface area contributed by atoms with E-state index in [1.165, 1.54) is 0 Å². The van der Waals surface area contributed by atoms with Gasteiger partial charge in [0.1, 0.15) is 10.6 Å². The second-order valence-corrected chi connectivity index (χ2v) is 6.28. The van der Waals surface area contributed by atoms with Crippen molar-refractivity contribution in [2.45, 2.75) is 30.8 Å². The van der Waals surface area contributed by atoms with Gasteiger partial charge in [0.05, 0.1) is 0 Å². The highest BCUT2D eigenvalue weighted by Gasteiger charge is 2.32. The molecule has 1 N–H and O–H groups in total. The van der Waals surface area contributed by atoms with Crippen LogP contribution in [0.3, 0.4) is 0 Å². The number of halogens is 3. The van der Waals surface area contributed by atoms with Crippen LogP contribution in [0.4, 0.5) is 19.1 Å². The van der Waals surface area contributed by atoms with Crippen LogP contribution in [0.15, 0.2) is 27.7 Å². The smallest absolute Gasteiger partial charge is 0.337 e. The summed E-state index contributed by atoms with van der Waals surface area (Å²) < 4.78 is 67.9. The van der Waals surface area contributed by atoms with Crippen molar-refractivity contribution in [2.75, 3.05) is 4.72 Å². The number of anilines is 1. The number of hydrogen-bond donors (Lipinski definition) is 1. The molecule has 0 radical (unpaired) electrons. The van der Waals surface area contributed by atoms with Crippen LogP contribution in [-0.4, -0.2) is 23.5 Å². The normalized spacial score (nSPS) is 12.6. The Labute approximate surface area is 123 Å². The first kappa shape index (κ1) is 16.2. The van der Waals surface area contributed by atoms with Gasteiger partial charge in [-0.25, -0.2) is 13.1 Å². The maximum absolute atomic E-state index is 12.4. The first-order valence-electron chi connectivity index (χ1n) is 5.99. The van der Waals surface area contributed by atoms with Crippen LogP contribution in [0.5, 0.6) is 0 Å². The minimum atomic E-state index is -4.64. The molecule has 0 atom stereocenters. The Bertz CT molecular complexity index is 754. The monoisotopic (exact) mass is 336 g/mol. The van der Waals surface area contributed by atoms with E-state index in [0.29, 0.717) is 12.3 Å². The van der Waals surface area contributed by atoms with Crippen LogP contribution in [0.25, 0.3) is 0 Å². The van der Waals surface area contributed by atoms with E-state index in [-0.39, 0.29) is 17.8 Å². The van der Waals surface area contributed by atoms with E-state index >= 15 is 0 Å². The zero-order valence-corrected chi connectivity index (χ0v) is 12.2. The number of aromatic nitrogens is 3. The second-order valence-electron chi connectivity index (χ2n) is 4.59. The van der Waals surface area contributed by atoms with Crippen LogP contribution in [-0.2, 0) is 16.2 Å². The highest BCUT2D eigenvalue weighted by atomic mass is 32.2. The molecule has 0 fully saturated rings. The molecule has 0 amide bonds. The first-order valence-corrected chi connectivity index (χ1v) is 7.47. The number of rotatable bonds is 4. The second kappa shape index (κ2) is 5.55. The maximum atomic E-state index is 12.4. The highest BCUT2D eigenvalue weighted by molar-refractivity contribution is 7.92. The van der Waals surface area contributed by atoms with Crippen molar-refractivity contribution in [1.82, 2.24) is 15.1 Å². The summed E-state index contributed by atoms with van der Waals surface area (Å²) in [5.41, 5.74) is -1.19. The summed E-state index contributed by atoms with van der Waals surface area (Å²) in [4.78, 5) is 6.44. The third-order valence-corrected chi connectivity index (χ3v) is 3.81. The van der Waals surface area contributed by atoms with Gasteiger partial charge in [-0.1, -0.05) is 13.8 Å². The molecule has 0 bridgehead atoms. The molecule has 0 aliphatic heterocycles. The van der Waals surface area contributed by atoms with Gasteiger partial charge < -0.3 is 4.52 Å². The van der Waals surface area contributed by atoms with Crippen molar-refractivity contribution in [3.8, 4) is 0 Å². The van der Waals surface area contributed by atoms with Gasteiger partial charge in [-0.3, -0.25) is 4.98 Å². The molecule has 7 nitrogen and oxygen atoms in total. The summed E-state index contributed by atoms with van der Waals surface area (Å²) in [7, 11) is -4.15. The fourth-order valence-electron chi connectivity index (χ4n) is 1.40. The lowest BCUT2D eigenvalue weighted by Gasteiger charge is -2.07. The maximum Gasteiger partial charge on any atom is 0.433 e. The lowest BCUT2D eigenvalue weighted by Crippen LogP contribution is -2.15. The van der Waals surface area contributed by atoms with Crippen molar-refractivity contribution in [2.24, 2.45) is 0 Å². The van der Waals surface area contributed by atoms with E-state index in [4.69, 9.17) is 4.52 Å². The minimum absolute atomic E-state index is 0.0986. The van der Waals surface area contributed by atoms with Crippen molar-refractivity contribution in [3.63, 3.8) is 0 Å². The van der Waals surface area contributed by atoms with E-state index in [0.717, 1.165) is 6.07 Å². The molecular formula is C11H11F3N4O3S. The zero-order valence-electron chi connectivity index (χ0n) is 11.4. The number of hydrogen-bond acceptors (Lipinski definition) is 6. The number of sulfonamides is 1. The molecule has 0 unspecified atom stereocenters. The summed E-state index contributed by atoms with van der Waals surface area (Å²) in [5, 5.41) is 3.43. The summed E-state index contributed by atoms with van der Waals surface area (Å²) in [6.45, 7) is 3.54. The minimum Gasteiger partial charge on any atom is -0.337 e. The van der Waals surface area contributed by atoms with E-state index < -0.39 is 26.8 Å². The highest BCUT2D eigenvalue weighted by Crippen LogP contribution is 2.28. The lowest BCUT2D eigenvalue weighted by atomic mass is 10.2. The van der Waals surface area contributed by atoms with Crippen molar-refractivity contribution < 1.29 is 26.1 Å². The average Bonchev–Trinajstić information content (AvgIpc) is 2.86. The topological polar surface area (TPSA) is 98.0 Å². The molecule has 22 heavy (non-hydrogen) atoms. The van der Waals surface area contributed by atoms with Crippen LogP contribution in [0.2, 0.25) is 0 Å². The summed E-state index contributed by atoms with van der Waals surface area (Å²) in [5.74, 6) is -0.176. The number of pyridine rings is 1. The third-order valence-electron chi connectivity index (χ3n) is 2.50. The molecule has 0 aliphatic rings. The van der Waals surface area contributed by atoms with E-state index in [1.54, 1.807) is 13.8 Å². The molecule has 2 aromatic rings. The summed E-state index contributed by atoms with van der Waals surface area (Å²) in [6, 6.07) is 1.37. The number of nitrogens with one attached hydrogen (secondary N) is 1. The molecule has 2 heterocycles. The molecule has 0 saturated carbocycles. The van der Waals surface area contributed by atoms with Crippen LogP contribution in [0, 0.1) is 0 Å². The fraction of sp³-hybridized carbons (Fsp3) is 0.364. The molecular weight excluding hydrogens is 325 g/mol. The van der Waals surface area contributed by atoms with Crippen LogP contribution in [0.1, 0.15) is 31.4 Å². The first-order chi connectivity index (χ1) is 10.1. The average molecular weight is 336 g/mol. The van der Waals surface area contributed by atoms with Crippen molar-refractivity contribution in [1.29, 1.82) is 0 Å². The molecule has 2 aromatic heterocycles. The molecule has 0 saturated heterocycles. The van der Waals surface area contributed by atoms with Gasteiger partial charge in [0.2, 0.25) is 5.89 Å². The zero-order chi connectivity index (χ0) is 16.5. The number of nitrogens with zero attached hydrogens (tertiary/aromatic N) is 3. The summed E-state index contributed by atoms with van der Waals surface area (Å²) in [6.07, 6.45) is -4.04. The summed E-state index contributed by atoms with van der Waals surface area (Å²) >= 11 is 0. The van der Waals surface area contributed by atoms with Gasteiger partial charge in [-0.2, -0.15) is 18.2 Å². The van der Waals surface area contributed by atoms with Crippen molar-refractivity contribution >= 4 is 16.0 Å². The molecule has 120 valence electrons. The predicted molar refractivity (Wildman–Crippen MR) is 68.4 cm³/mol. The molecule has 11 heteroatoms. The molecule has 0 aliphatic carbocycles. The lowest BCUT2D eigenvalue weighted by molar-refractivity contribution is -0.141. The Hall–Kier alpha value is -2.17. The van der Waals surface area contributed by atoms with E-state index in [2.05, 4.69) is 15.1 Å². The molecule has 2 rings (SSSR count). The van der Waals surface area contributed by atoms with Gasteiger partial charge in [0, 0.05) is 12.1 Å². The Morgan fingerprint density at radius 2 is 1.95 bits per heavy atom. The largest absolute Gasteiger partial charge is 0.433 e. The Morgan fingerprint density at radius 3 is 2.41 bits per heavy atom. The van der Waals surface area contributed by atoms with E-state index in [9.17, 15) is 21.6 Å². The Balaban J connectivity index is 2.22. The van der Waals surface area contributed by atoms with Crippen LogP contribution >= 0.6 is 0 Å². The third kappa shape index (κ3) is 3.53. The SMILES string of the molecule is CC(C)c1nc(NS(=O)(=O)c2ccc(C(F)(F)F)nc2)no1. The number of alkyl halides is 3. The predicted octanol–water partition coefficient (Wildman–Crippen LogP) is 2.41. The van der Waals surface area contributed by atoms with Gasteiger partial charge >= 0.3 is 6.18 Å². The van der Waals surface area contributed by atoms with Crippen LogP contribution < -0.4 is 4.72 Å². The van der Waals surface area contributed by atoms with Crippen molar-refractivity contribution in [3.05, 3.63) is 29.9 Å². The van der Waals surface area contributed by atoms with E-state index in [1.807, 2.05) is 4.72 Å². The fourth-order valence-corrected chi connectivity index (χ4v) is 2.28. The quantitative estimate of drug-likeness (QED) is 0.921. The Kier molecular flexibility index (Phi) is 4.09. The standard InChI is InChI=1S/C11H11F3N4O3S/c1-6(2)9-16-10(17-21-9)18-22(19,20)7-3-4-8(15-5-7)11(12,13)14/h3-6H,1-2H3,(H,17,18).